The molecule has 5 nitrogen and oxygen atoms in total. The van der Waals surface area contributed by atoms with Crippen LogP contribution in [-0.4, -0.2) is 26.6 Å². The number of nitrogens with two attached hydrogens (primary N) is 1. The Kier molecular flexibility index (Phi) is 6.69. The average molecular weight is 370 g/mol. The van der Waals surface area contributed by atoms with Crippen LogP contribution in [0.25, 0.3) is 0 Å². The lowest BCUT2D eigenvalue weighted by atomic mass is 10.2. The lowest BCUT2D eigenvalue weighted by Crippen LogP contribution is -2.39. The van der Waals surface area contributed by atoms with Gasteiger partial charge in [0.2, 0.25) is 0 Å². The van der Waals surface area contributed by atoms with E-state index in [0.29, 0.717) is 0 Å². The van der Waals surface area contributed by atoms with Crippen LogP contribution in [0.4, 0.5) is 0 Å². The summed E-state index contributed by atoms with van der Waals surface area (Å²) in [7, 11) is 0. The van der Waals surface area contributed by atoms with Crippen LogP contribution in [0.1, 0.15) is 19.2 Å². The second-order valence-electron chi connectivity index (χ2n) is 4.73. The first kappa shape index (κ1) is 16.5. The van der Waals surface area contributed by atoms with E-state index in [0.717, 1.165) is 35.4 Å². The Morgan fingerprint density at radius 1 is 1.38 bits per heavy atom. The number of aromatic nitrogens is 3. The molecule has 0 bridgehead atoms. The highest BCUT2D eigenvalue weighted by molar-refractivity contribution is 9.10. The molecule has 0 saturated carbocycles. The standard InChI is InChI=1S/C14H20BrN5S/c1-2-7-20-14(17-10-18-20)8-12(19-16)9-21-13-5-3-11(15)4-6-13/h3-6,10,12,19H,2,7-9,16H2,1H3. The van der Waals surface area contributed by atoms with E-state index in [-0.39, 0.29) is 6.04 Å². The number of aryl methyl sites for hydroxylation is 1. The largest absolute Gasteiger partial charge is 0.271 e. The highest BCUT2D eigenvalue weighted by Crippen LogP contribution is 2.21. The number of nitrogens with zero attached hydrogens (tertiary/aromatic N) is 3. The Bertz CT molecular complexity index is 543. The quantitative estimate of drug-likeness (QED) is 0.425. The summed E-state index contributed by atoms with van der Waals surface area (Å²) >= 11 is 5.22. The molecule has 7 heteroatoms. The maximum Gasteiger partial charge on any atom is 0.138 e. The monoisotopic (exact) mass is 369 g/mol. The summed E-state index contributed by atoms with van der Waals surface area (Å²) in [6.45, 7) is 3.03. The molecule has 0 saturated heterocycles. The van der Waals surface area contributed by atoms with Crippen LogP contribution in [-0.2, 0) is 13.0 Å². The summed E-state index contributed by atoms with van der Waals surface area (Å²) in [4.78, 5) is 5.56. The first-order valence-corrected chi connectivity index (χ1v) is 8.72. The maximum atomic E-state index is 5.67. The van der Waals surface area contributed by atoms with Gasteiger partial charge in [0, 0.05) is 34.1 Å². The smallest absolute Gasteiger partial charge is 0.138 e. The molecule has 3 N–H and O–H groups in total. The molecule has 0 spiro atoms. The van der Waals surface area contributed by atoms with E-state index in [2.05, 4.69) is 50.5 Å². The predicted molar refractivity (Wildman–Crippen MR) is 90.0 cm³/mol. The summed E-state index contributed by atoms with van der Waals surface area (Å²) in [6.07, 6.45) is 3.44. The fourth-order valence-electron chi connectivity index (χ4n) is 1.96. The molecule has 1 aromatic heterocycles. The second kappa shape index (κ2) is 8.53. The Labute approximate surface area is 137 Å². The van der Waals surface area contributed by atoms with Crippen LogP contribution in [0, 0.1) is 0 Å². The van der Waals surface area contributed by atoms with Gasteiger partial charge in [-0.25, -0.2) is 4.98 Å². The lowest BCUT2D eigenvalue weighted by molar-refractivity contribution is 0.513. The van der Waals surface area contributed by atoms with Crippen LogP contribution >= 0.6 is 27.7 Å². The summed E-state index contributed by atoms with van der Waals surface area (Å²) in [5, 5.41) is 4.25. The number of hydrazine groups is 1. The molecule has 1 aromatic carbocycles. The van der Waals surface area contributed by atoms with Gasteiger partial charge in [0.05, 0.1) is 0 Å². The summed E-state index contributed by atoms with van der Waals surface area (Å²) in [6, 6.07) is 8.46. The molecule has 1 unspecified atom stereocenters. The molecule has 0 aliphatic carbocycles. The first-order valence-electron chi connectivity index (χ1n) is 6.94. The van der Waals surface area contributed by atoms with Crippen molar-refractivity contribution >= 4 is 27.7 Å². The van der Waals surface area contributed by atoms with Crippen molar-refractivity contribution in [2.45, 2.75) is 37.2 Å². The molecule has 0 amide bonds. The molecule has 0 aliphatic rings. The van der Waals surface area contributed by atoms with Crippen molar-refractivity contribution in [3.63, 3.8) is 0 Å². The fraction of sp³-hybridized carbons (Fsp3) is 0.429. The molecule has 0 radical (unpaired) electrons. The SMILES string of the molecule is CCCn1ncnc1CC(CSc1ccc(Br)cc1)NN. The fourth-order valence-corrected chi connectivity index (χ4v) is 3.16. The van der Waals surface area contributed by atoms with Crippen molar-refractivity contribution in [2.24, 2.45) is 5.84 Å². The van der Waals surface area contributed by atoms with Crippen LogP contribution in [0.15, 0.2) is 40.0 Å². The van der Waals surface area contributed by atoms with E-state index < -0.39 is 0 Å². The normalized spacial score (nSPS) is 12.5. The third-order valence-corrected chi connectivity index (χ3v) is 4.76. The van der Waals surface area contributed by atoms with E-state index in [1.165, 1.54) is 4.90 Å². The number of halogens is 1. The number of hydrogen-bond acceptors (Lipinski definition) is 5. The van der Waals surface area contributed by atoms with Gasteiger partial charge in [0.25, 0.3) is 0 Å². The Hall–Kier alpha value is -0.890. The van der Waals surface area contributed by atoms with Crippen molar-refractivity contribution in [1.82, 2.24) is 20.2 Å². The van der Waals surface area contributed by atoms with Gasteiger partial charge in [0.1, 0.15) is 12.2 Å². The highest BCUT2D eigenvalue weighted by atomic mass is 79.9. The third kappa shape index (κ3) is 5.10. The summed E-state index contributed by atoms with van der Waals surface area (Å²) < 4.78 is 3.04. The van der Waals surface area contributed by atoms with Crippen molar-refractivity contribution in [2.75, 3.05) is 5.75 Å². The molecule has 114 valence electrons. The van der Waals surface area contributed by atoms with Crippen molar-refractivity contribution in [3.8, 4) is 0 Å². The number of benzene rings is 1. The average Bonchev–Trinajstić information content (AvgIpc) is 2.92. The molecular formula is C14H20BrN5S. The van der Waals surface area contributed by atoms with Crippen molar-refractivity contribution < 1.29 is 0 Å². The van der Waals surface area contributed by atoms with E-state index in [9.17, 15) is 0 Å². The molecule has 21 heavy (non-hydrogen) atoms. The van der Waals surface area contributed by atoms with Crippen LogP contribution < -0.4 is 11.3 Å². The zero-order valence-electron chi connectivity index (χ0n) is 12.0. The molecule has 2 aromatic rings. The number of hydrogen-bond donors (Lipinski definition) is 2. The Morgan fingerprint density at radius 2 is 2.14 bits per heavy atom. The first-order chi connectivity index (χ1) is 10.2. The van der Waals surface area contributed by atoms with Gasteiger partial charge in [-0.05, 0) is 30.7 Å². The topological polar surface area (TPSA) is 68.8 Å². The molecule has 1 heterocycles. The zero-order chi connectivity index (χ0) is 15.1. The van der Waals surface area contributed by atoms with Crippen LogP contribution in [0.2, 0.25) is 0 Å². The number of nitrogens with one attached hydrogen (secondary N) is 1. The minimum Gasteiger partial charge on any atom is -0.271 e. The Morgan fingerprint density at radius 3 is 2.81 bits per heavy atom. The van der Waals surface area contributed by atoms with E-state index in [4.69, 9.17) is 5.84 Å². The maximum absolute atomic E-state index is 5.67. The molecule has 1 atom stereocenters. The summed E-state index contributed by atoms with van der Waals surface area (Å²) in [5.41, 5.74) is 2.88. The highest BCUT2D eigenvalue weighted by Gasteiger charge is 2.13. The minimum absolute atomic E-state index is 0.165. The van der Waals surface area contributed by atoms with Crippen molar-refractivity contribution in [3.05, 3.63) is 40.9 Å². The third-order valence-electron chi connectivity index (χ3n) is 3.06. The van der Waals surface area contributed by atoms with Gasteiger partial charge in [-0.1, -0.05) is 22.9 Å². The predicted octanol–water partition coefficient (Wildman–Crippen LogP) is 2.62. The Balaban J connectivity index is 1.90. The van der Waals surface area contributed by atoms with E-state index in [1.54, 1.807) is 18.1 Å². The molecular weight excluding hydrogens is 350 g/mol. The van der Waals surface area contributed by atoms with Gasteiger partial charge in [-0.2, -0.15) is 5.10 Å². The minimum atomic E-state index is 0.165. The zero-order valence-corrected chi connectivity index (χ0v) is 14.4. The van der Waals surface area contributed by atoms with Gasteiger partial charge in [-0.3, -0.25) is 16.0 Å². The molecule has 0 fully saturated rings. The lowest BCUT2D eigenvalue weighted by Gasteiger charge is -2.15. The number of rotatable bonds is 8. The van der Waals surface area contributed by atoms with Gasteiger partial charge in [0.15, 0.2) is 0 Å². The van der Waals surface area contributed by atoms with Crippen molar-refractivity contribution in [1.29, 1.82) is 0 Å². The number of thioether (sulfide) groups is 1. The summed E-state index contributed by atoms with van der Waals surface area (Å²) in [5.74, 6) is 7.54. The molecule has 2 rings (SSSR count). The van der Waals surface area contributed by atoms with Gasteiger partial charge in [-0.15, -0.1) is 11.8 Å². The van der Waals surface area contributed by atoms with E-state index in [1.807, 2.05) is 16.8 Å². The molecule has 0 aliphatic heterocycles. The second-order valence-corrected chi connectivity index (χ2v) is 6.74. The van der Waals surface area contributed by atoms with E-state index >= 15 is 0 Å². The van der Waals surface area contributed by atoms with Crippen LogP contribution in [0.5, 0.6) is 0 Å². The van der Waals surface area contributed by atoms with Crippen LogP contribution in [0.3, 0.4) is 0 Å². The van der Waals surface area contributed by atoms with Gasteiger partial charge < -0.3 is 0 Å². The van der Waals surface area contributed by atoms with Gasteiger partial charge >= 0.3 is 0 Å².